The Labute approximate surface area is 141 Å². The highest BCUT2D eigenvalue weighted by Crippen LogP contribution is 2.40. The van der Waals surface area contributed by atoms with Crippen LogP contribution in [0.5, 0.6) is 0 Å². The SMILES string of the molecule is Cc1ccc(Cl)c2c1NC(=O)C(Br)(Cc1ccccc1)C2=O. The summed E-state index contributed by atoms with van der Waals surface area (Å²) in [5.74, 6) is -0.664. The Balaban J connectivity index is 2.09. The minimum absolute atomic E-state index is 0.266. The third-order valence-electron chi connectivity index (χ3n) is 3.84. The molecule has 2 aromatic rings. The number of anilines is 1. The molecule has 1 unspecified atom stereocenters. The maximum Gasteiger partial charge on any atom is 0.249 e. The van der Waals surface area contributed by atoms with Crippen molar-refractivity contribution >= 4 is 44.9 Å². The summed E-state index contributed by atoms with van der Waals surface area (Å²) in [7, 11) is 0. The molecule has 3 nitrogen and oxygen atoms in total. The third-order valence-corrected chi connectivity index (χ3v) is 5.15. The van der Waals surface area contributed by atoms with Crippen molar-refractivity contribution in [3.63, 3.8) is 0 Å². The molecular weight excluding hydrogens is 366 g/mol. The average molecular weight is 379 g/mol. The number of carbonyl (C=O) groups is 2. The van der Waals surface area contributed by atoms with Crippen molar-refractivity contribution in [1.82, 2.24) is 0 Å². The Morgan fingerprint density at radius 3 is 2.50 bits per heavy atom. The van der Waals surface area contributed by atoms with Gasteiger partial charge in [-0.2, -0.15) is 0 Å². The Morgan fingerprint density at radius 1 is 1.14 bits per heavy atom. The summed E-state index contributed by atoms with van der Waals surface area (Å²) in [5.41, 5.74) is 2.59. The monoisotopic (exact) mass is 377 g/mol. The van der Waals surface area contributed by atoms with Gasteiger partial charge in [0.05, 0.1) is 16.3 Å². The quantitative estimate of drug-likeness (QED) is 0.630. The summed E-state index contributed by atoms with van der Waals surface area (Å²) in [6, 6.07) is 12.9. The predicted molar refractivity (Wildman–Crippen MR) is 91.0 cm³/mol. The number of hydrogen-bond donors (Lipinski definition) is 1. The highest BCUT2D eigenvalue weighted by Gasteiger charge is 2.49. The molecule has 3 rings (SSSR count). The minimum atomic E-state index is -1.33. The van der Waals surface area contributed by atoms with Crippen molar-refractivity contribution in [2.75, 3.05) is 5.32 Å². The second-order valence-electron chi connectivity index (χ2n) is 5.36. The topological polar surface area (TPSA) is 46.2 Å². The summed E-state index contributed by atoms with van der Waals surface area (Å²) < 4.78 is -1.33. The molecule has 0 radical (unpaired) electrons. The van der Waals surface area contributed by atoms with E-state index in [4.69, 9.17) is 11.6 Å². The van der Waals surface area contributed by atoms with Gasteiger partial charge in [-0.05, 0) is 24.1 Å². The Hall–Kier alpha value is -1.65. The van der Waals surface area contributed by atoms with Crippen LogP contribution in [0.1, 0.15) is 21.5 Å². The van der Waals surface area contributed by atoms with E-state index in [1.54, 1.807) is 12.1 Å². The van der Waals surface area contributed by atoms with Gasteiger partial charge in [-0.15, -0.1) is 0 Å². The fourth-order valence-electron chi connectivity index (χ4n) is 2.62. The molecule has 0 saturated heterocycles. The van der Waals surface area contributed by atoms with Crippen LogP contribution in [-0.4, -0.2) is 16.0 Å². The van der Waals surface area contributed by atoms with Crippen LogP contribution in [0.3, 0.4) is 0 Å². The Bertz CT molecular complexity index is 776. The van der Waals surface area contributed by atoms with E-state index in [0.29, 0.717) is 16.3 Å². The molecule has 1 aliphatic heterocycles. The lowest BCUT2D eigenvalue weighted by Gasteiger charge is -2.32. The number of halogens is 2. The molecule has 0 aromatic heterocycles. The molecule has 1 N–H and O–H groups in total. The van der Waals surface area contributed by atoms with E-state index >= 15 is 0 Å². The zero-order valence-corrected chi connectivity index (χ0v) is 14.2. The van der Waals surface area contributed by atoms with Crippen molar-refractivity contribution < 1.29 is 9.59 Å². The number of aryl methyl sites for hydroxylation is 1. The van der Waals surface area contributed by atoms with E-state index in [-0.39, 0.29) is 18.1 Å². The molecule has 1 atom stereocenters. The highest BCUT2D eigenvalue weighted by molar-refractivity contribution is 9.10. The summed E-state index contributed by atoms with van der Waals surface area (Å²) in [5, 5.41) is 3.17. The van der Waals surface area contributed by atoms with Crippen molar-refractivity contribution in [2.45, 2.75) is 17.7 Å². The molecule has 1 aliphatic rings. The van der Waals surface area contributed by atoms with Crippen molar-refractivity contribution in [1.29, 1.82) is 0 Å². The largest absolute Gasteiger partial charge is 0.323 e. The number of benzene rings is 2. The van der Waals surface area contributed by atoms with Crippen molar-refractivity contribution in [2.24, 2.45) is 0 Å². The second-order valence-corrected chi connectivity index (χ2v) is 7.12. The van der Waals surface area contributed by atoms with Gasteiger partial charge >= 0.3 is 0 Å². The van der Waals surface area contributed by atoms with Gasteiger partial charge in [-0.1, -0.05) is 63.9 Å². The molecule has 0 aliphatic carbocycles. The number of amides is 1. The lowest BCUT2D eigenvalue weighted by Crippen LogP contribution is -2.50. The molecule has 2 aromatic carbocycles. The first-order chi connectivity index (χ1) is 10.4. The first-order valence-corrected chi connectivity index (χ1v) is 7.99. The van der Waals surface area contributed by atoms with Crippen LogP contribution in [0, 0.1) is 6.92 Å². The van der Waals surface area contributed by atoms with Crippen LogP contribution in [0.25, 0.3) is 0 Å². The Kier molecular flexibility index (Phi) is 3.83. The number of carbonyl (C=O) groups excluding carboxylic acids is 2. The first-order valence-electron chi connectivity index (χ1n) is 6.81. The fourth-order valence-corrected chi connectivity index (χ4v) is 3.48. The predicted octanol–water partition coefficient (Wildman–Crippen LogP) is 4.16. The molecule has 0 saturated carbocycles. The fraction of sp³-hybridized carbons (Fsp3) is 0.176. The highest BCUT2D eigenvalue weighted by atomic mass is 79.9. The number of Topliss-reactive ketones (excluding diaryl/α,β-unsaturated/α-hetero) is 1. The first kappa shape index (κ1) is 15.3. The van der Waals surface area contributed by atoms with Gasteiger partial charge in [0.1, 0.15) is 0 Å². The van der Waals surface area contributed by atoms with E-state index in [9.17, 15) is 9.59 Å². The maximum atomic E-state index is 12.9. The molecule has 1 heterocycles. The lowest BCUT2D eigenvalue weighted by molar-refractivity contribution is -0.117. The van der Waals surface area contributed by atoms with E-state index in [1.807, 2.05) is 37.3 Å². The summed E-state index contributed by atoms with van der Waals surface area (Å²) in [6.45, 7) is 1.83. The zero-order valence-electron chi connectivity index (χ0n) is 11.8. The minimum Gasteiger partial charge on any atom is -0.323 e. The van der Waals surface area contributed by atoms with Crippen molar-refractivity contribution in [3.05, 3.63) is 64.2 Å². The van der Waals surface area contributed by atoms with Crippen LogP contribution in [-0.2, 0) is 11.2 Å². The average Bonchev–Trinajstić information content (AvgIpc) is 2.50. The molecule has 1 amide bonds. The maximum absolute atomic E-state index is 12.9. The van der Waals surface area contributed by atoms with E-state index in [1.165, 1.54) is 0 Å². The molecule has 0 bridgehead atoms. The normalized spacial score (nSPS) is 20.5. The van der Waals surface area contributed by atoms with Crippen LogP contribution in [0.4, 0.5) is 5.69 Å². The van der Waals surface area contributed by atoms with Gasteiger partial charge in [-0.25, -0.2) is 0 Å². The lowest BCUT2D eigenvalue weighted by atomic mass is 9.85. The van der Waals surface area contributed by atoms with Gasteiger partial charge in [0.25, 0.3) is 0 Å². The third kappa shape index (κ3) is 2.36. The second kappa shape index (κ2) is 5.52. The van der Waals surface area contributed by atoms with Gasteiger partial charge in [-0.3, -0.25) is 9.59 Å². The molecule has 112 valence electrons. The number of ketones is 1. The van der Waals surface area contributed by atoms with Gasteiger partial charge in [0.15, 0.2) is 10.1 Å². The molecular formula is C17H13BrClNO2. The number of nitrogens with one attached hydrogen (secondary N) is 1. The zero-order chi connectivity index (χ0) is 15.9. The van der Waals surface area contributed by atoms with E-state index in [2.05, 4.69) is 21.2 Å². The van der Waals surface area contributed by atoms with E-state index in [0.717, 1.165) is 11.1 Å². The van der Waals surface area contributed by atoms with Crippen molar-refractivity contribution in [3.8, 4) is 0 Å². The summed E-state index contributed by atoms with van der Waals surface area (Å²) in [4.78, 5) is 25.5. The van der Waals surface area contributed by atoms with Crippen LogP contribution in [0.15, 0.2) is 42.5 Å². The molecule has 22 heavy (non-hydrogen) atoms. The smallest absolute Gasteiger partial charge is 0.249 e. The van der Waals surface area contributed by atoms with E-state index < -0.39 is 4.32 Å². The summed E-state index contributed by atoms with van der Waals surface area (Å²) >= 11 is 9.57. The summed E-state index contributed by atoms with van der Waals surface area (Å²) in [6.07, 6.45) is 0.266. The van der Waals surface area contributed by atoms with Crippen LogP contribution in [0.2, 0.25) is 5.02 Å². The number of hydrogen-bond acceptors (Lipinski definition) is 2. The number of fused-ring (bicyclic) bond motifs is 1. The molecule has 5 heteroatoms. The molecule has 0 fully saturated rings. The standard InChI is InChI=1S/C17H13BrClNO2/c1-10-7-8-12(19)13-14(10)20-16(22)17(18,15(13)21)9-11-5-3-2-4-6-11/h2-8H,9H2,1H3,(H,20,22). The molecule has 0 spiro atoms. The Morgan fingerprint density at radius 2 is 1.82 bits per heavy atom. The van der Waals surface area contributed by atoms with Crippen LogP contribution < -0.4 is 5.32 Å². The van der Waals surface area contributed by atoms with Gasteiger partial charge < -0.3 is 5.32 Å². The van der Waals surface area contributed by atoms with Crippen LogP contribution >= 0.6 is 27.5 Å². The van der Waals surface area contributed by atoms with Gasteiger partial charge in [0.2, 0.25) is 5.91 Å². The van der Waals surface area contributed by atoms with Gasteiger partial charge in [0, 0.05) is 6.42 Å². The number of alkyl halides is 1. The number of rotatable bonds is 2.